The van der Waals surface area contributed by atoms with Crippen molar-refractivity contribution < 1.29 is 9.90 Å². The lowest BCUT2D eigenvalue weighted by molar-refractivity contribution is 0.190. The third kappa shape index (κ3) is 4.03. The lowest BCUT2D eigenvalue weighted by Crippen LogP contribution is -2.49. The van der Waals surface area contributed by atoms with Crippen LogP contribution in [-0.2, 0) is 5.54 Å². The van der Waals surface area contributed by atoms with Crippen molar-refractivity contribution in [2.24, 2.45) is 0 Å². The summed E-state index contributed by atoms with van der Waals surface area (Å²) in [6.07, 6.45) is 1.61. The first-order chi connectivity index (χ1) is 14.2. The minimum absolute atomic E-state index is 0.00924. The first kappa shape index (κ1) is 19.2. The molecule has 4 rings (SSSR count). The average molecular weight is 386 g/mol. The Bertz CT molecular complexity index is 832. The van der Waals surface area contributed by atoms with Crippen LogP contribution in [0.4, 0.5) is 4.79 Å². The first-order valence-corrected chi connectivity index (χ1v) is 10.1. The third-order valence-electron chi connectivity index (χ3n) is 5.80. The van der Waals surface area contributed by atoms with Gasteiger partial charge >= 0.3 is 6.09 Å². The Morgan fingerprint density at radius 1 is 0.724 bits per heavy atom. The van der Waals surface area contributed by atoms with E-state index in [1.807, 2.05) is 18.2 Å². The fourth-order valence-electron chi connectivity index (χ4n) is 4.54. The SMILES string of the molecule is O=C(O)N[C@@H]1CC[C@H](NC(c2ccccc2)(c2ccccc2)c2ccccc2)C1. The minimum atomic E-state index is -0.948. The summed E-state index contributed by atoms with van der Waals surface area (Å²) in [5.74, 6) is 0. The van der Waals surface area contributed by atoms with Crippen molar-refractivity contribution in [2.75, 3.05) is 0 Å². The monoisotopic (exact) mass is 386 g/mol. The highest BCUT2D eigenvalue weighted by Gasteiger charge is 2.40. The molecular formula is C25H26N2O2. The Balaban J connectivity index is 1.79. The van der Waals surface area contributed by atoms with E-state index in [0.29, 0.717) is 0 Å². The predicted molar refractivity (Wildman–Crippen MR) is 115 cm³/mol. The number of hydrogen-bond acceptors (Lipinski definition) is 2. The molecule has 3 aromatic carbocycles. The molecule has 3 aromatic rings. The van der Waals surface area contributed by atoms with Crippen molar-refractivity contribution in [1.82, 2.24) is 10.6 Å². The van der Waals surface area contributed by atoms with E-state index in [2.05, 4.69) is 83.4 Å². The van der Waals surface area contributed by atoms with E-state index in [0.717, 1.165) is 19.3 Å². The number of nitrogens with one attached hydrogen (secondary N) is 2. The van der Waals surface area contributed by atoms with Crippen LogP contribution in [0.2, 0.25) is 0 Å². The molecule has 1 aliphatic rings. The van der Waals surface area contributed by atoms with Crippen LogP contribution >= 0.6 is 0 Å². The molecule has 1 saturated carbocycles. The molecule has 0 heterocycles. The highest BCUT2D eigenvalue weighted by molar-refractivity contribution is 5.64. The third-order valence-corrected chi connectivity index (χ3v) is 5.80. The Kier molecular flexibility index (Phi) is 5.63. The summed E-state index contributed by atoms with van der Waals surface area (Å²) in [6, 6.07) is 31.7. The molecule has 148 valence electrons. The summed E-state index contributed by atoms with van der Waals surface area (Å²) in [5.41, 5.74) is 3.01. The summed E-state index contributed by atoms with van der Waals surface area (Å²) >= 11 is 0. The van der Waals surface area contributed by atoms with E-state index in [1.54, 1.807) is 0 Å². The molecule has 0 radical (unpaired) electrons. The number of amides is 1. The average Bonchev–Trinajstić information content (AvgIpc) is 3.20. The van der Waals surface area contributed by atoms with Crippen molar-refractivity contribution >= 4 is 6.09 Å². The van der Waals surface area contributed by atoms with Gasteiger partial charge in [-0.3, -0.25) is 5.32 Å². The fraction of sp³-hybridized carbons (Fsp3) is 0.240. The molecule has 0 spiro atoms. The molecule has 0 aromatic heterocycles. The lowest BCUT2D eigenvalue weighted by Gasteiger charge is -2.39. The van der Waals surface area contributed by atoms with Crippen molar-refractivity contribution in [3.05, 3.63) is 108 Å². The van der Waals surface area contributed by atoms with Crippen molar-refractivity contribution in [1.29, 1.82) is 0 Å². The Labute approximate surface area is 171 Å². The van der Waals surface area contributed by atoms with Gasteiger partial charge < -0.3 is 10.4 Å². The van der Waals surface area contributed by atoms with Gasteiger partial charge in [-0.1, -0.05) is 91.0 Å². The molecule has 3 N–H and O–H groups in total. The van der Waals surface area contributed by atoms with Gasteiger partial charge in [-0.05, 0) is 36.0 Å². The van der Waals surface area contributed by atoms with E-state index in [9.17, 15) is 4.79 Å². The van der Waals surface area contributed by atoms with Crippen LogP contribution in [0.5, 0.6) is 0 Å². The lowest BCUT2D eigenvalue weighted by atomic mass is 9.76. The first-order valence-electron chi connectivity index (χ1n) is 10.1. The van der Waals surface area contributed by atoms with Gasteiger partial charge in [0.05, 0.1) is 5.54 Å². The molecule has 1 aliphatic carbocycles. The summed E-state index contributed by atoms with van der Waals surface area (Å²) in [7, 11) is 0. The second kappa shape index (κ2) is 8.50. The maximum absolute atomic E-state index is 11.1. The quantitative estimate of drug-likeness (QED) is 0.536. The van der Waals surface area contributed by atoms with Gasteiger partial charge in [0, 0.05) is 12.1 Å². The Morgan fingerprint density at radius 3 is 1.55 bits per heavy atom. The molecule has 1 amide bonds. The van der Waals surface area contributed by atoms with Gasteiger partial charge in [-0.2, -0.15) is 0 Å². The number of carboxylic acid groups (broad SMARTS) is 1. The van der Waals surface area contributed by atoms with Crippen molar-refractivity contribution in [3.63, 3.8) is 0 Å². The molecule has 0 aliphatic heterocycles. The van der Waals surface area contributed by atoms with Crippen LogP contribution in [-0.4, -0.2) is 23.3 Å². The zero-order chi connectivity index (χ0) is 20.1. The van der Waals surface area contributed by atoms with E-state index in [1.165, 1.54) is 16.7 Å². The summed E-state index contributed by atoms with van der Waals surface area (Å²) in [6.45, 7) is 0. The molecule has 0 unspecified atom stereocenters. The van der Waals surface area contributed by atoms with E-state index in [-0.39, 0.29) is 12.1 Å². The zero-order valence-corrected chi connectivity index (χ0v) is 16.3. The van der Waals surface area contributed by atoms with Gasteiger partial charge in [-0.15, -0.1) is 0 Å². The van der Waals surface area contributed by atoms with E-state index in [4.69, 9.17) is 5.11 Å². The zero-order valence-electron chi connectivity index (χ0n) is 16.3. The maximum Gasteiger partial charge on any atom is 0.404 e. The summed E-state index contributed by atoms with van der Waals surface area (Å²) < 4.78 is 0. The summed E-state index contributed by atoms with van der Waals surface area (Å²) in [4.78, 5) is 11.1. The van der Waals surface area contributed by atoms with E-state index < -0.39 is 11.6 Å². The molecule has 0 bridgehead atoms. The minimum Gasteiger partial charge on any atom is -0.465 e. The second-order valence-corrected chi connectivity index (χ2v) is 7.65. The van der Waals surface area contributed by atoms with Crippen LogP contribution in [0.1, 0.15) is 36.0 Å². The number of carbonyl (C=O) groups is 1. The van der Waals surface area contributed by atoms with Gasteiger partial charge in [0.25, 0.3) is 0 Å². The number of benzene rings is 3. The highest BCUT2D eigenvalue weighted by Crippen LogP contribution is 2.38. The van der Waals surface area contributed by atoms with Crippen molar-refractivity contribution in [2.45, 2.75) is 36.9 Å². The Morgan fingerprint density at radius 2 is 1.14 bits per heavy atom. The maximum atomic E-state index is 11.1. The van der Waals surface area contributed by atoms with Crippen LogP contribution in [0.3, 0.4) is 0 Å². The van der Waals surface area contributed by atoms with Crippen LogP contribution < -0.4 is 10.6 Å². The molecular weight excluding hydrogens is 360 g/mol. The molecule has 29 heavy (non-hydrogen) atoms. The topological polar surface area (TPSA) is 61.4 Å². The number of hydrogen-bond donors (Lipinski definition) is 3. The fourth-order valence-corrected chi connectivity index (χ4v) is 4.54. The highest BCUT2D eigenvalue weighted by atomic mass is 16.4. The van der Waals surface area contributed by atoms with E-state index >= 15 is 0 Å². The number of rotatable bonds is 6. The molecule has 2 atom stereocenters. The van der Waals surface area contributed by atoms with Gasteiger partial charge in [-0.25, -0.2) is 4.79 Å². The Hall–Kier alpha value is -3.11. The van der Waals surface area contributed by atoms with Gasteiger partial charge in [0.2, 0.25) is 0 Å². The molecule has 4 heteroatoms. The summed E-state index contributed by atoms with van der Waals surface area (Å²) in [5, 5.41) is 15.7. The normalized spacial score (nSPS) is 19.0. The van der Waals surface area contributed by atoms with Crippen LogP contribution in [0.25, 0.3) is 0 Å². The van der Waals surface area contributed by atoms with Crippen LogP contribution in [0.15, 0.2) is 91.0 Å². The van der Waals surface area contributed by atoms with Gasteiger partial charge in [0.1, 0.15) is 0 Å². The smallest absolute Gasteiger partial charge is 0.404 e. The largest absolute Gasteiger partial charge is 0.465 e. The predicted octanol–water partition coefficient (Wildman–Crippen LogP) is 4.76. The molecule has 4 nitrogen and oxygen atoms in total. The standard InChI is InChI=1S/C25H26N2O2/c28-24(29)26-22-16-17-23(18-22)27-25(19-10-4-1-5-11-19,20-12-6-2-7-13-20)21-14-8-3-9-15-21/h1-15,22-23,26-27H,16-18H2,(H,28,29)/t22-,23+/m1/s1. The van der Waals surface area contributed by atoms with Crippen LogP contribution in [0, 0.1) is 0 Å². The molecule has 1 fully saturated rings. The van der Waals surface area contributed by atoms with Gasteiger partial charge in [0.15, 0.2) is 0 Å². The van der Waals surface area contributed by atoms with Crippen molar-refractivity contribution in [3.8, 4) is 0 Å². The second-order valence-electron chi connectivity index (χ2n) is 7.65. The molecule has 0 saturated heterocycles.